The third kappa shape index (κ3) is 2.76. The molecule has 0 radical (unpaired) electrons. The van der Waals surface area contributed by atoms with E-state index < -0.39 is 23.1 Å². The summed E-state index contributed by atoms with van der Waals surface area (Å²) in [6.07, 6.45) is 0. The van der Waals surface area contributed by atoms with E-state index in [0.29, 0.717) is 0 Å². The Kier molecular flexibility index (Phi) is 3.97. The molecule has 0 aromatic heterocycles. The van der Waals surface area contributed by atoms with Gasteiger partial charge in [-0.25, -0.2) is 8.78 Å². The predicted molar refractivity (Wildman–Crippen MR) is 70.5 cm³/mol. The summed E-state index contributed by atoms with van der Waals surface area (Å²) in [6.45, 7) is 0. The molecule has 0 heterocycles. The van der Waals surface area contributed by atoms with E-state index in [1.165, 1.54) is 24.3 Å². The third-order valence-corrected chi connectivity index (χ3v) is 2.87. The minimum atomic E-state index is -1.24. The molecule has 0 unspecified atom stereocenters. The molecule has 2 rings (SSSR count). The molecule has 0 atom stereocenters. The molecule has 0 saturated carbocycles. The molecule has 1 N–H and O–H groups in total. The molecule has 20 heavy (non-hydrogen) atoms. The van der Waals surface area contributed by atoms with Gasteiger partial charge in [-0.15, -0.1) is 0 Å². The van der Waals surface area contributed by atoms with Crippen LogP contribution in [-0.4, -0.2) is 5.91 Å². The van der Waals surface area contributed by atoms with E-state index in [0.717, 1.165) is 12.1 Å². The minimum absolute atomic E-state index is 0.152. The lowest BCUT2D eigenvalue weighted by Gasteiger charge is -2.08. The molecule has 0 saturated heterocycles. The smallest absolute Gasteiger partial charge is 0.258 e. The molecule has 0 fully saturated rings. The summed E-state index contributed by atoms with van der Waals surface area (Å²) in [6, 6.07) is 9.41. The lowest BCUT2D eigenvalue weighted by Crippen LogP contribution is -2.14. The maximum absolute atomic E-state index is 13.5. The van der Waals surface area contributed by atoms with Crippen LogP contribution < -0.4 is 5.32 Å². The molecule has 0 aliphatic heterocycles. The van der Waals surface area contributed by atoms with Gasteiger partial charge >= 0.3 is 0 Å². The summed E-state index contributed by atoms with van der Waals surface area (Å²) in [5, 5.41) is 11.3. The van der Waals surface area contributed by atoms with Gasteiger partial charge in [0.05, 0.1) is 27.9 Å². The van der Waals surface area contributed by atoms with Gasteiger partial charge in [0, 0.05) is 0 Å². The molecular weight excluding hydrogens is 286 g/mol. The van der Waals surface area contributed by atoms with Crippen molar-refractivity contribution in [1.82, 2.24) is 0 Å². The fraction of sp³-hybridized carbons (Fsp3) is 0. The van der Waals surface area contributed by atoms with Crippen molar-refractivity contribution in [3.05, 3.63) is 64.2 Å². The maximum Gasteiger partial charge on any atom is 0.258 e. The monoisotopic (exact) mass is 292 g/mol. The van der Waals surface area contributed by atoms with Gasteiger partial charge in [-0.1, -0.05) is 17.7 Å². The zero-order valence-corrected chi connectivity index (χ0v) is 10.7. The van der Waals surface area contributed by atoms with Gasteiger partial charge in [-0.3, -0.25) is 4.79 Å². The van der Waals surface area contributed by atoms with Crippen molar-refractivity contribution in [3.63, 3.8) is 0 Å². The Labute approximate surface area is 118 Å². The van der Waals surface area contributed by atoms with Gasteiger partial charge in [0.25, 0.3) is 5.91 Å². The van der Waals surface area contributed by atoms with Gasteiger partial charge in [0.2, 0.25) is 0 Å². The zero-order chi connectivity index (χ0) is 14.7. The van der Waals surface area contributed by atoms with Gasteiger partial charge < -0.3 is 5.32 Å². The second-order valence-electron chi connectivity index (χ2n) is 3.86. The Morgan fingerprint density at radius 3 is 2.70 bits per heavy atom. The quantitative estimate of drug-likeness (QED) is 0.916. The number of nitrogens with one attached hydrogen (secondary N) is 1. The van der Waals surface area contributed by atoms with Crippen LogP contribution in [0.3, 0.4) is 0 Å². The van der Waals surface area contributed by atoms with Crippen molar-refractivity contribution in [2.75, 3.05) is 5.32 Å². The molecular formula is C14H7ClF2N2O. The average molecular weight is 293 g/mol. The Hall–Kier alpha value is -2.45. The van der Waals surface area contributed by atoms with Crippen LogP contribution in [0.15, 0.2) is 36.4 Å². The Balaban J connectivity index is 2.33. The van der Waals surface area contributed by atoms with E-state index in [9.17, 15) is 13.6 Å². The number of anilines is 1. The first kappa shape index (κ1) is 14.0. The van der Waals surface area contributed by atoms with Crippen molar-refractivity contribution < 1.29 is 13.6 Å². The lowest BCUT2D eigenvalue weighted by molar-refractivity contribution is 0.102. The first-order valence-electron chi connectivity index (χ1n) is 5.48. The number of nitriles is 1. The number of halogens is 3. The molecule has 0 spiro atoms. The van der Waals surface area contributed by atoms with E-state index in [2.05, 4.69) is 5.32 Å². The summed E-state index contributed by atoms with van der Waals surface area (Å²) < 4.78 is 26.5. The Morgan fingerprint density at radius 1 is 1.25 bits per heavy atom. The van der Waals surface area contributed by atoms with Gasteiger partial charge in [-0.2, -0.15) is 5.26 Å². The standard InChI is InChI=1S/C14H7ClF2N2O/c15-10-5-4-8(7-18)6-12(10)19-14(20)9-2-1-3-11(16)13(9)17/h1-6H,(H,19,20). The third-order valence-electron chi connectivity index (χ3n) is 2.54. The number of amides is 1. The van der Waals surface area contributed by atoms with Gasteiger partial charge in [0.1, 0.15) is 0 Å². The molecule has 0 aliphatic rings. The van der Waals surface area contributed by atoms with Crippen molar-refractivity contribution in [1.29, 1.82) is 5.26 Å². The van der Waals surface area contributed by atoms with E-state index >= 15 is 0 Å². The molecule has 1 amide bonds. The topological polar surface area (TPSA) is 52.9 Å². The highest BCUT2D eigenvalue weighted by Crippen LogP contribution is 2.24. The number of hydrogen-bond acceptors (Lipinski definition) is 2. The zero-order valence-electron chi connectivity index (χ0n) is 9.95. The average Bonchev–Trinajstić information content (AvgIpc) is 2.44. The fourth-order valence-electron chi connectivity index (χ4n) is 1.56. The molecule has 100 valence electrons. The van der Waals surface area contributed by atoms with Crippen LogP contribution in [0.25, 0.3) is 0 Å². The summed E-state index contributed by atoms with van der Waals surface area (Å²) >= 11 is 5.86. The molecule has 2 aromatic carbocycles. The largest absolute Gasteiger partial charge is 0.320 e. The number of nitrogens with zero attached hydrogens (tertiary/aromatic N) is 1. The van der Waals surface area contributed by atoms with Crippen molar-refractivity contribution in [3.8, 4) is 6.07 Å². The van der Waals surface area contributed by atoms with E-state index in [4.69, 9.17) is 16.9 Å². The van der Waals surface area contributed by atoms with Crippen LogP contribution in [0, 0.1) is 23.0 Å². The molecule has 2 aromatic rings. The highest BCUT2D eigenvalue weighted by atomic mass is 35.5. The number of carbonyl (C=O) groups excluding carboxylic acids is 1. The van der Waals surface area contributed by atoms with E-state index in [-0.39, 0.29) is 16.3 Å². The number of hydrogen-bond donors (Lipinski definition) is 1. The molecule has 0 bridgehead atoms. The Bertz CT molecular complexity index is 726. The highest BCUT2D eigenvalue weighted by molar-refractivity contribution is 6.34. The number of carbonyl (C=O) groups is 1. The number of benzene rings is 2. The van der Waals surface area contributed by atoms with Crippen molar-refractivity contribution in [2.24, 2.45) is 0 Å². The Morgan fingerprint density at radius 2 is 2.00 bits per heavy atom. The predicted octanol–water partition coefficient (Wildman–Crippen LogP) is 3.74. The summed E-state index contributed by atoms with van der Waals surface area (Å²) in [4.78, 5) is 11.9. The van der Waals surface area contributed by atoms with Crippen molar-refractivity contribution in [2.45, 2.75) is 0 Å². The molecule has 3 nitrogen and oxygen atoms in total. The van der Waals surface area contributed by atoms with E-state index in [1.54, 1.807) is 0 Å². The second kappa shape index (κ2) is 5.68. The molecule has 6 heteroatoms. The first-order valence-corrected chi connectivity index (χ1v) is 5.85. The van der Waals surface area contributed by atoms with Crippen LogP contribution in [0.5, 0.6) is 0 Å². The fourth-order valence-corrected chi connectivity index (χ4v) is 1.72. The van der Waals surface area contributed by atoms with Crippen LogP contribution in [0.2, 0.25) is 5.02 Å². The maximum atomic E-state index is 13.5. The summed E-state index contributed by atoms with van der Waals surface area (Å²) in [5.74, 6) is -3.20. The molecule has 0 aliphatic carbocycles. The van der Waals surface area contributed by atoms with Crippen LogP contribution >= 0.6 is 11.6 Å². The lowest BCUT2D eigenvalue weighted by atomic mass is 10.1. The van der Waals surface area contributed by atoms with Crippen LogP contribution in [0.1, 0.15) is 15.9 Å². The normalized spacial score (nSPS) is 9.90. The van der Waals surface area contributed by atoms with E-state index in [1.807, 2.05) is 6.07 Å². The number of rotatable bonds is 2. The van der Waals surface area contributed by atoms with Crippen molar-refractivity contribution >= 4 is 23.2 Å². The van der Waals surface area contributed by atoms with Gasteiger partial charge in [0.15, 0.2) is 11.6 Å². The summed E-state index contributed by atoms with van der Waals surface area (Å²) in [7, 11) is 0. The summed E-state index contributed by atoms with van der Waals surface area (Å²) in [5.41, 5.74) is -0.00720. The first-order chi connectivity index (χ1) is 9.52. The highest BCUT2D eigenvalue weighted by Gasteiger charge is 2.16. The second-order valence-corrected chi connectivity index (χ2v) is 4.27. The van der Waals surface area contributed by atoms with Gasteiger partial charge in [-0.05, 0) is 30.3 Å². The SMILES string of the molecule is N#Cc1ccc(Cl)c(NC(=O)c2cccc(F)c2F)c1. The van der Waals surface area contributed by atoms with Crippen LogP contribution in [0.4, 0.5) is 14.5 Å². The van der Waals surface area contributed by atoms with Crippen LogP contribution in [-0.2, 0) is 0 Å². The minimum Gasteiger partial charge on any atom is -0.320 e.